The van der Waals surface area contributed by atoms with Crippen LogP contribution >= 0.6 is 0 Å². The van der Waals surface area contributed by atoms with Crippen LogP contribution in [0.3, 0.4) is 0 Å². The Morgan fingerprint density at radius 1 is 1.17 bits per heavy atom. The quantitative estimate of drug-likeness (QED) is 0.411. The summed E-state index contributed by atoms with van der Waals surface area (Å²) in [5.74, 6) is -1.38. The summed E-state index contributed by atoms with van der Waals surface area (Å²) in [5.41, 5.74) is 3.07. The summed E-state index contributed by atoms with van der Waals surface area (Å²) in [7, 11) is -2.90. The number of carbonyl (C=O) groups is 2. The van der Waals surface area contributed by atoms with Gasteiger partial charge in [0.2, 0.25) is 10.0 Å². The van der Waals surface area contributed by atoms with Crippen LogP contribution in [0.4, 0.5) is 0 Å². The zero-order valence-electron chi connectivity index (χ0n) is 13.8. The van der Waals surface area contributed by atoms with Crippen LogP contribution < -0.4 is 10.1 Å². The van der Waals surface area contributed by atoms with Gasteiger partial charge in [0.1, 0.15) is 6.54 Å². The maximum Gasteiger partial charge on any atom is 0.320 e. The topological polar surface area (TPSA) is 114 Å². The normalized spacial score (nSPS) is 10.8. The number of hydrazone groups is 1. The van der Waals surface area contributed by atoms with E-state index in [2.05, 4.69) is 20.0 Å². The summed E-state index contributed by atoms with van der Waals surface area (Å²) < 4.78 is 31.1. The molecule has 0 bridgehead atoms. The van der Waals surface area contributed by atoms with Gasteiger partial charge < -0.3 is 4.74 Å². The van der Waals surface area contributed by atoms with Crippen LogP contribution in [0.15, 0.2) is 34.3 Å². The molecule has 1 amide bonds. The van der Waals surface area contributed by atoms with E-state index in [1.165, 1.54) is 18.2 Å². The maximum absolute atomic E-state index is 12.3. The van der Waals surface area contributed by atoms with Crippen molar-refractivity contribution in [2.75, 3.05) is 13.7 Å². The van der Waals surface area contributed by atoms with E-state index < -0.39 is 28.4 Å². The molecule has 0 heterocycles. The van der Waals surface area contributed by atoms with Gasteiger partial charge in [-0.3, -0.25) is 9.59 Å². The van der Waals surface area contributed by atoms with Crippen molar-refractivity contribution in [1.29, 1.82) is 0 Å². The Balaban J connectivity index is 3.05. The van der Waals surface area contributed by atoms with E-state index >= 15 is 0 Å². The lowest BCUT2D eigenvalue weighted by molar-refractivity contribution is -0.139. The van der Waals surface area contributed by atoms with Crippen molar-refractivity contribution in [3.05, 3.63) is 29.8 Å². The number of nitrogens with one attached hydrogen (secondary N) is 2. The molecule has 1 aromatic carbocycles. The number of rotatable bonds is 8. The lowest BCUT2D eigenvalue weighted by atomic mass is 10.2. The van der Waals surface area contributed by atoms with E-state index in [1.54, 1.807) is 6.07 Å². The van der Waals surface area contributed by atoms with Crippen molar-refractivity contribution < 1.29 is 22.7 Å². The molecule has 9 heteroatoms. The van der Waals surface area contributed by atoms with Crippen molar-refractivity contribution >= 4 is 27.6 Å². The number of carbonyl (C=O) groups excluding carboxylic acids is 2. The smallest absolute Gasteiger partial charge is 0.320 e. The van der Waals surface area contributed by atoms with Gasteiger partial charge in [0.05, 0.1) is 17.6 Å². The highest BCUT2D eigenvalue weighted by Crippen LogP contribution is 2.15. The summed E-state index contributed by atoms with van der Waals surface area (Å²) in [5, 5.41) is 3.98. The number of benzene rings is 1. The van der Waals surface area contributed by atoms with Gasteiger partial charge in [-0.1, -0.05) is 26.0 Å². The summed E-state index contributed by atoms with van der Waals surface area (Å²) in [6.45, 7) is 3.29. The van der Waals surface area contributed by atoms with Crippen LogP contribution in [0.1, 0.15) is 37.0 Å². The van der Waals surface area contributed by atoms with Crippen LogP contribution in [0, 0.1) is 0 Å². The van der Waals surface area contributed by atoms with E-state index in [0.29, 0.717) is 12.8 Å². The minimum Gasteiger partial charge on any atom is -0.468 e. The number of hydrogen-bond acceptors (Lipinski definition) is 6. The zero-order valence-corrected chi connectivity index (χ0v) is 14.6. The fourth-order valence-corrected chi connectivity index (χ4v) is 2.96. The molecule has 0 aliphatic carbocycles. The molecule has 0 aromatic heterocycles. The molecule has 0 saturated heterocycles. The van der Waals surface area contributed by atoms with Gasteiger partial charge in [-0.2, -0.15) is 9.82 Å². The Kier molecular flexibility index (Phi) is 7.53. The molecule has 0 radical (unpaired) electrons. The molecule has 2 N–H and O–H groups in total. The third-order valence-corrected chi connectivity index (χ3v) is 4.65. The standard InChI is InChI=1S/C15H21N3O5S/c1-4-11(5-2)17-18-15(20)12-8-6-7-9-13(12)24(21,22)16-10-14(19)23-3/h6-9,16H,4-5,10H2,1-3H3,(H,18,20). The summed E-state index contributed by atoms with van der Waals surface area (Å²) in [4.78, 5) is 23.1. The van der Waals surface area contributed by atoms with Gasteiger partial charge in [-0.15, -0.1) is 0 Å². The number of methoxy groups -OCH3 is 1. The number of amides is 1. The molecule has 0 aliphatic heterocycles. The lowest BCUT2D eigenvalue weighted by Gasteiger charge is -2.10. The van der Waals surface area contributed by atoms with Crippen molar-refractivity contribution in [1.82, 2.24) is 10.1 Å². The molecule has 24 heavy (non-hydrogen) atoms. The van der Waals surface area contributed by atoms with Gasteiger partial charge >= 0.3 is 5.97 Å². The highest BCUT2D eigenvalue weighted by molar-refractivity contribution is 7.89. The predicted octanol–water partition coefficient (Wildman–Crippen LogP) is 1.04. The molecule has 1 aromatic rings. The van der Waals surface area contributed by atoms with Crippen molar-refractivity contribution in [3.63, 3.8) is 0 Å². The van der Waals surface area contributed by atoms with Gasteiger partial charge in [0.15, 0.2) is 0 Å². The molecular formula is C15H21N3O5S. The number of sulfonamides is 1. The van der Waals surface area contributed by atoms with Gasteiger partial charge in [-0.25, -0.2) is 13.8 Å². The van der Waals surface area contributed by atoms with Crippen molar-refractivity contribution in [2.24, 2.45) is 5.10 Å². The molecule has 8 nitrogen and oxygen atoms in total. The Morgan fingerprint density at radius 3 is 2.38 bits per heavy atom. The molecule has 0 spiro atoms. The first kappa shape index (κ1) is 19.8. The average molecular weight is 355 g/mol. The largest absolute Gasteiger partial charge is 0.468 e. The second-order valence-electron chi connectivity index (χ2n) is 4.72. The molecule has 132 valence electrons. The first-order chi connectivity index (χ1) is 11.4. The van der Waals surface area contributed by atoms with Crippen LogP contribution in [-0.2, 0) is 19.6 Å². The molecule has 0 fully saturated rings. The molecule has 1 rings (SSSR count). The van der Waals surface area contributed by atoms with E-state index in [0.717, 1.165) is 12.8 Å². The average Bonchev–Trinajstić information content (AvgIpc) is 2.60. The maximum atomic E-state index is 12.3. The summed E-state index contributed by atoms with van der Waals surface area (Å²) in [6.07, 6.45) is 1.36. The molecule has 0 atom stereocenters. The predicted molar refractivity (Wildman–Crippen MR) is 89.1 cm³/mol. The number of ether oxygens (including phenoxy) is 1. The summed E-state index contributed by atoms with van der Waals surface area (Å²) >= 11 is 0. The van der Waals surface area contributed by atoms with Crippen LogP contribution in [-0.4, -0.2) is 39.7 Å². The number of hydrogen-bond donors (Lipinski definition) is 2. The first-order valence-electron chi connectivity index (χ1n) is 7.37. The minimum atomic E-state index is -4.05. The molecule has 0 saturated carbocycles. The van der Waals surface area contributed by atoms with E-state index in [-0.39, 0.29) is 10.5 Å². The first-order valence-corrected chi connectivity index (χ1v) is 8.85. The fraction of sp³-hybridized carbons (Fsp3) is 0.400. The highest BCUT2D eigenvalue weighted by Gasteiger charge is 2.22. The third-order valence-electron chi connectivity index (χ3n) is 3.19. The fourth-order valence-electron chi connectivity index (χ4n) is 1.79. The number of nitrogens with zero attached hydrogens (tertiary/aromatic N) is 1. The van der Waals surface area contributed by atoms with Gasteiger partial charge in [0.25, 0.3) is 5.91 Å². The molecule has 0 unspecified atom stereocenters. The number of esters is 1. The second kappa shape index (κ2) is 9.14. The zero-order chi connectivity index (χ0) is 18.2. The lowest BCUT2D eigenvalue weighted by Crippen LogP contribution is -2.32. The van der Waals surface area contributed by atoms with Crippen LogP contribution in [0.25, 0.3) is 0 Å². The van der Waals surface area contributed by atoms with Crippen molar-refractivity contribution in [3.8, 4) is 0 Å². The van der Waals surface area contributed by atoms with Gasteiger partial charge in [0, 0.05) is 5.71 Å². The summed E-state index contributed by atoms with van der Waals surface area (Å²) in [6, 6.07) is 5.67. The molecule has 0 aliphatic rings. The monoisotopic (exact) mass is 355 g/mol. The van der Waals surface area contributed by atoms with Crippen molar-refractivity contribution in [2.45, 2.75) is 31.6 Å². The van der Waals surface area contributed by atoms with Crippen LogP contribution in [0.2, 0.25) is 0 Å². The van der Waals surface area contributed by atoms with Gasteiger partial charge in [-0.05, 0) is 25.0 Å². The second-order valence-corrected chi connectivity index (χ2v) is 6.46. The Bertz CT molecular complexity index is 722. The van der Waals surface area contributed by atoms with Crippen LogP contribution in [0.5, 0.6) is 0 Å². The molecular weight excluding hydrogens is 334 g/mol. The van der Waals surface area contributed by atoms with E-state index in [1.807, 2.05) is 13.8 Å². The Morgan fingerprint density at radius 2 is 1.79 bits per heavy atom. The third kappa shape index (κ3) is 5.43. The van der Waals surface area contributed by atoms with E-state index in [4.69, 9.17) is 0 Å². The SMILES string of the molecule is CCC(CC)=NNC(=O)c1ccccc1S(=O)(=O)NCC(=O)OC. The Hall–Kier alpha value is -2.26. The minimum absolute atomic E-state index is 0.0647. The van der Waals surface area contributed by atoms with E-state index in [9.17, 15) is 18.0 Å². The Labute approximate surface area is 141 Å². The highest BCUT2D eigenvalue weighted by atomic mass is 32.2.